The first-order valence-electron chi connectivity index (χ1n) is 8.21. The maximum atomic E-state index is 12.5. The zero-order valence-corrected chi connectivity index (χ0v) is 15.0. The number of benzene rings is 1. The summed E-state index contributed by atoms with van der Waals surface area (Å²) in [6.07, 6.45) is 4.11. The fourth-order valence-corrected chi connectivity index (χ4v) is 3.91. The number of carbonyl (C=O) groups excluding carboxylic acids is 3. The molecule has 2 saturated heterocycles. The average molecular weight is 360 g/mol. The largest absolute Gasteiger partial charge is 0.467 e. The first-order chi connectivity index (χ1) is 12.0. The first-order valence-corrected chi connectivity index (χ1v) is 9.03. The van der Waals surface area contributed by atoms with Crippen molar-refractivity contribution in [3.8, 4) is 0 Å². The highest BCUT2D eigenvalue weighted by Gasteiger charge is 2.41. The molecular formula is C18H20N2O4S. The standard InChI is InChI=1S/C18H20N2O4S/c1-12(17(22)24-2)20-16(21)15(25-18(20)23)11-13-5-7-14(8-6-13)19-9-3-4-10-19/h5-8,11-12H,3-4,9-10H2,1-2H3/b15-11-/t12-/m0/s1. The number of rotatable bonds is 4. The van der Waals surface area contributed by atoms with Crippen molar-refractivity contribution in [2.75, 3.05) is 25.1 Å². The minimum Gasteiger partial charge on any atom is -0.467 e. The summed E-state index contributed by atoms with van der Waals surface area (Å²) in [6, 6.07) is 6.99. The van der Waals surface area contributed by atoms with Crippen molar-refractivity contribution in [2.24, 2.45) is 0 Å². The number of hydrogen-bond acceptors (Lipinski definition) is 6. The van der Waals surface area contributed by atoms with E-state index in [-0.39, 0.29) is 0 Å². The quantitative estimate of drug-likeness (QED) is 0.608. The lowest BCUT2D eigenvalue weighted by molar-refractivity contribution is -0.148. The highest BCUT2D eigenvalue weighted by Crippen LogP contribution is 2.34. The van der Waals surface area contributed by atoms with Gasteiger partial charge in [-0.3, -0.25) is 14.5 Å². The van der Waals surface area contributed by atoms with Crippen LogP contribution in [-0.2, 0) is 14.3 Å². The number of thioether (sulfide) groups is 1. The lowest BCUT2D eigenvalue weighted by atomic mass is 10.1. The van der Waals surface area contributed by atoms with Gasteiger partial charge < -0.3 is 9.64 Å². The topological polar surface area (TPSA) is 66.9 Å². The fraction of sp³-hybridized carbons (Fsp3) is 0.389. The van der Waals surface area contributed by atoms with Crippen LogP contribution in [-0.4, -0.2) is 48.3 Å². The summed E-state index contributed by atoms with van der Waals surface area (Å²) in [5.41, 5.74) is 2.02. The van der Waals surface area contributed by atoms with Crippen molar-refractivity contribution >= 4 is 40.6 Å². The molecule has 0 radical (unpaired) electrons. The summed E-state index contributed by atoms with van der Waals surface area (Å²) in [7, 11) is 1.23. The van der Waals surface area contributed by atoms with Gasteiger partial charge in [0.15, 0.2) is 0 Å². The van der Waals surface area contributed by atoms with Crippen molar-refractivity contribution in [1.29, 1.82) is 0 Å². The molecule has 1 aromatic rings. The monoisotopic (exact) mass is 360 g/mol. The van der Waals surface area contributed by atoms with Crippen LogP contribution in [0.2, 0.25) is 0 Å². The minimum atomic E-state index is -0.930. The number of ether oxygens (including phenoxy) is 1. The van der Waals surface area contributed by atoms with Gasteiger partial charge in [0.25, 0.3) is 11.1 Å². The van der Waals surface area contributed by atoms with Gasteiger partial charge in [-0.05, 0) is 55.3 Å². The van der Waals surface area contributed by atoms with Crippen LogP contribution in [0, 0.1) is 0 Å². The molecule has 1 atom stereocenters. The molecule has 7 heteroatoms. The van der Waals surface area contributed by atoms with Crippen molar-refractivity contribution in [3.63, 3.8) is 0 Å². The van der Waals surface area contributed by atoms with Gasteiger partial charge in [-0.1, -0.05) is 12.1 Å². The molecule has 25 heavy (non-hydrogen) atoms. The number of carbonyl (C=O) groups is 3. The van der Waals surface area contributed by atoms with Crippen LogP contribution in [0.25, 0.3) is 6.08 Å². The Bertz CT molecular complexity index is 723. The molecule has 2 aliphatic heterocycles. The van der Waals surface area contributed by atoms with E-state index in [0.29, 0.717) is 4.91 Å². The van der Waals surface area contributed by atoms with Crippen LogP contribution in [0.5, 0.6) is 0 Å². The Morgan fingerprint density at radius 1 is 1.20 bits per heavy atom. The Balaban J connectivity index is 1.76. The van der Waals surface area contributed by atoms with Crippen LogP contribution < -0.4 is 4.90 Å². The van der Waals surface area contributed by atoms with E-state index in [9.17, 15) is 14.4 Å². The van der Waals surface area contributed by atoms with Gasteiger partial charge in [0.1, 0.15) is 6.04 Å². The fourth-order valence-electron chi connectivity index (χ4n) is 3.00. The molecule has 2 fully saturated rings. The lowest BCUT2D eigenvalue weighted by Gasteiger charge is -2.18. The average Bonchev–Trinajstić information content (AvgIpc) is 3.23. The van der Waals surface area contributed by atoms with Crippen LogP contribution in [0.4, 0.5) is 10.5 Å². The highest BCUT2D eigenvalue weighted by molar-refractivity contribution is 8.18. The Kier molecular flexibility index (Phi) is 5.13. The number of imide groups is 1. The molecular weight excluding hydrogens is 340 g/mol. The number of anilines is 1. The van der Waals surface area contributed by atoms with Gasteiger partial charge in [0, 0.05) is 18.8 Å². The molecule has 2 amide bonds. The van der Waals surface area contributed by atoms with E-state index in [4.69, 9.17) is 0 Å². The van der Waals surface area contributed by atoms with Gasteiger partial charge in [-0.15, -0.1) is 0 Å². The number of hydrogen-bond donors (Lipinski definition) is 0. The van der Waals surface area contributed by atoms with E-state index in [2.05, 4.69) is 9.64 Å². The summed E-state index contributed by atoms with van der Waals surface area (Å²) < 4.78 is 4.62. The molecule has 1 aromatic carbocycles. The summed E-state index contributed by atoms with van der Waals surface area (Å²) >= 11 is 0.843. The Labute approximate surface area is 150 Å². The van der Waals surface area contributed by atoms with Gasteiger partial charge >= 0.3 is 5.97 Å². The minimum absolute atomic E-state index is 0.315. The lowest BCUT2D eigenvalue weighted by Crippen LogP contribution is -2.42. The third kappa shape index (κ3) is 3.56. The molecule has 0 bridgehead atoms. The molecule has 0 unspecified atom stereocenters. The van der Waals surface area contributed by atoms with Crippen molar-refractivity contribution in [1.82, 2.24) is 4.90 Å². The van der Waals surface area contributed by atoms with Crippen LogP contribution in [0.15, 0.2) is 29.2 Å². The molecule has 2 heterocycles. The number of methoxy groups -OCH3 is 1. The van der Waals surface area contributed by atoms with E-state index >= 15 is 0 Å². The smallest absolute Gasteiger partial charge is 0.328 e. The van der Waals surface area contributed by atoms with Gasteiger partial charge in [-0.25, -0.2) is 4.79 Å². The molecule has 0 spiro atoms. The van der Waals surface area contributed by atoms with E-state index in [0.717, 1.165) is 35.3 Å². The number of nitrogens with zero attached hydrogens (tertiary/aromatic N) is 2. The second-order valence-corrected chi connectivity index (χ2v) is 7.03. The Morgan fingerprint density at radius 2 is 1.84 bits per heavy atom. The molecule has 6 nitrogen and oxygen atoms in total. The highest BCUT2D eigenvalue weighted by atomic mass is 32.2. The molecule has 0 aliphatic carbocycles. The van der Waals surface area contributed by atoms with Crippen molar-refractivity contribution < 1.29 is 19.1 Å². The maximum Gasteiger partial charge on any atom is 0.328 e. The number of amides is 2. The van der Waals surface area contributed by atoms with Crippen LogP contribution in [0.3, 0.4) is 0 Å². The third-order valence-electron chi connectivity index (χ3n) is 4.42. The SMILES string of the molecule is COC(=O)[C@H](C)N1C(=O)S/C(=C\c2ccc(N3CCCC3)cc2)C1=O. The van der Waals surface area contributed by atoms with Crippen LogP contribution >= 0.6 is 11.8 Å². The van der Waals surface area contributed by atoms with Gasteiger partial charge in [0.2, 0.25) is 0 Å². The van der Waals surface area contributed by atoms with E-state index in [1.54, 1.807) is 6.08 Å². The molecule has 132 valence electrons. The van der Waals surface area contributed by atoms with E-state index < -0.39 is 23.2 Å². The summed E-state index contributed by atoms with van der Waals surface area (Å²) in [5, 5.41) is -0.456. The summed E-state index contributed by atoms with van der Waals surface area (Å²) in [4.78, 5) is 39.8. The predicted molar refractivity (Wildman–Crippen MR) is 97.2 cm³/mol. The molecule has 0 saturated carbocycles. The second-order valence-electron chi connectivity index (χ2n) is 6.04. The van der Waals surface area contributed by atoms with Crippen molar-refractivity contribution in [3.05, 3.63) is 34.7 Å². The van der Waals surface area contributed by atoms with E-state index in [1.165, 1.54) is 32.6 Å². The molecule has 2 aliphatic rings. The maximum absolute atomic E-state index is 12.5. The van der Waals surface area contributed by atoms with Gasteiger partial charge in [0.05, 0.1) is 12.0 Å². The predicted octanol–water partition coefficient (Wildman–Crippen LogP) is 2.88. The van der Waals surface area contributed by atoms with Gasteiger partial charge in [-0.2, -0.15) is 0 Å². The molecule has 0 aromatic heterocycles. The second kappa shape index (κ2) is 7.31. The van der Waals surface area contributed by atoms with E-state index in [1.807, 2.05) is 24.3 Å². The molecule has 3 rings (SSSR count). The number of esters is 1. The van der Waals surface area contributed by atoms with Crippen molar-refractivity contribution in [2.45, 2.75) is 25.8 Å². The summed E-state index contributed by atoms with van der Waals surface area (Å²) in [5.74, 6) is -1.07. The Hall–Kier alpha value is -2.28. The molecule has 0 N–H and O–H groups in total. The first kappa shape index (κ1) is 17.5. The zero-order chi connectivity index (χ0) is 18.0. The normalized spacial score (nSPS) is 20.5. The summed E-state index contributed by atoms with van der Waals surface area (Å²) in [6.45, 7) is 3.63. The van der Waals surface area contributed by atoms with Crippen LogP contribution in [0.1, 0.15) is 25.3 Å². The zero-order valence-electron chi connectivity index (χ0n) is 14.2. The Morgan fingerprint density at radius 3 is 2.44 bits per heavy atom. The third-order valence-corrected chi connectivity index (χ3v) is 5.30.